The Morgan fingerprint density at radius 3 is 2.67 bits per heavy atom. The third-order valence-electron chi connectivity index (χ3n) is 2.67. The molecule has 0 radical (unpaired) electrons. The Morgan fingerprint density at radius 2 is 2.17 bits per heavy atom. The number of piperidine rings is 1. The molecule has 0 aromatic heterocycles. The number of rotatable bonds is 2. The Hall–Kier alpha value is -1.46. The molecule has 0 N–H and O–H groups in total. The van der Waals surface area contributed by atoms with E-state index in [1.54, 1.807) is 12.0 Å². The number of amides is 1. The van der Waals surface area contributed by atoms with Gasteiger partial charge in [-0.3, -0.25) is 0 Å². The summed E-state index contributed by atoms with van der Waals surface area (Å²) in [4.78, 5) is 16.2. The summed E-state index contributed by atoms with van der Waals surface area (Å²) in [5.74, 6) is 0. The summed E-state index contributed by atoms with van der Waals surface area (Å²) >= 11 is 0. The molecule has 1 fully saturated rings. The third kappa shape index (κ3) is 4.09. The summed E-state index contributed by atoms with van der Waals surface area (Å²) in [5.41, 5.74) is 7.99. The first-order valence-corrected chi connectivity index (χ1v) is 5.92. The smallest absolute Gasteiger partial charge is 0.410 e. The quantitative estimate of drug-likeness (QED) is 0.431. The molecule has 2 atom stereocenters. The van der Waals surface area contributed by atoms with Crippen LogP contribution in [-0.4, -0.2) is 48.9 Å². The van der Waals surface area contributed by atoms with Crippen LogP contribution in [0.2, 0.25) is 0 Å². The fraction of sp³-hybridized carbons (Fsp3) is 0.909. The highest BCUT2D eigenvalue weighted by molar-refractivity contribution is 5.68. The van der Waals surface area contributed by atoms with Gasteiger partial charge in [0, 0.05) is 25.1 Å². The van der Waals surface area contributed by atoms with E-state index < -0.39 is 5.60 Å². The van der Waals surface area contributed by atoms with E-state index in [4.69, 9.17) is 15.0 Å². The van der Waals surface area contributed by atoms with Crippen molar-refractivity contribution in [1.82, 2.24) is 4.90 Å². The van der Waals surface area contributed by atoms with Gasteiger partial charge in [-0.25, -0.2) is 4.79 Å². The van der Waals surface area contributed by atoms with E-state index in [1.807, 2.05) is 20.8 Å². The molecule has 1 amide bonds. The number of hydrogen-bond donors (Lipinski definition) is 0. The standard InChI is InChI=1S/C11H20N4O3/c1-11(2,3)18-10(16)15-6-5-9(17-4)8(7-15)13-14-12/h8-9H,5-7H2,1-4H3/t8-,9-/m1/s1. The van der Waals surface area contributed by atoms with Gasteiger partial charge in [0.05, 0.1) is 12.1 Å². The van der Waals surface area contributed by atoms with Crippen molar-refractivity contribution >= 4 is 6.09 Å². The molecule has 102 valence electrons. The minimum Gasteiger partial charge on any atom is -0.444 e. The van der Waals surface area contributed by atoms with Gasteiger partial charge in [0.1, 0.15) is 5.60 Å². The number of methoxy groups -OCH3 is 1. The largest absolute Gasteiger partial charge is 0.444 e. The van der Waals surface area contributed by atoms with Crippen LogP contribution in [0.1, 0.15) is 27.2 Å². The fourth-order valence-corrected chi connectivity index (χ4v) is 1.85. The monoisotopic (exact) mass is 256 g/mol. The number of carbonyl (C=O) groups excluding carboxylic acids is 1. The van der Waals surface area contributed by atoms with Crippen molar-refractivity contribution in [2.45, 2.75) is 44.9 Å². The Bertz CT molecular complexity index is 347. The van der Waals surface area contributed by atoms with Gasteiger partial charge in [-0.05, 0) is 32.7 Å². The lowest BCUT2D eigenvalue weighted by Gasteiger charge is -2.36. The minimum atomic E-state index is -0.525. The second kappa shape index (κ2) is 5.93. The van der Waals surface area contributed by atoms with Gasteiger partial charge in [0.25, 0.3) is 0 Å². The molecule has 7 nitrogen and oxygen atoms in total. The Morgan fingerprint density at radius 1 is 1.50 bits per heavy atom. The molecule has 1 rings (SSSR count). The molecule has 0 spiro atoms. The second-order valence-electron chi connectivity index (χ2n) is 5.26. The predicted octanol–water partition coefficient (Wildman–Crippen LogP) is 2.32. The second-order valence-corrected chi connectivity index (χ2v) is 5.26. The normalized spacial score (nSPS) is 24.3. The predicted molar refractivity (Wildman–Crippen MR) is 66.2 cm³/mol. The number of azide groups is 1. The molecule has 1 aliphatic heterocycles. The van der Waals surface area contributed by atoms with Gasteiger partial charge < -0.3 is 14.4 Å². The van der Waals surface area contributed by atoms with Gasteiger partial charge in [-0.1, -0.05) is 5.11 Å². The van der Waals surface area contributed by atoms with Crippen LogP contribution in [0.3, 0.4) is 0 Å². The van der Waals surface area contributed by atoms with Gasteiger partial charge in [0.2, 0.25) is 0 Å². The van der Waals surface area contributed by atoms with Crippen molar-refractivity contribution in [3.63, 3.8) is 0 Å². The third-order valence-corrected chi connectivity index (χ3v) is 2.67. The van der Waals surface area contributed by atoms with Crippen molar-refractivity contribution < 1.29 is 14.3 Å². The number of hydrogen-bond acceptors (Lipinski definition) is 4. The SMILES string of the molecule is CO[C@@H]1CCN(C(=O)OC(C)(C)C)C[C@H]1N=[N+]=[N-]. The maximum atomic E-state index is 11.9. The lowest BCUT2D eigenvalue weighted by atomic mass is 10.0. The number of ether oxygens (including phenoxy) is 2. The van der Waals surface area contributed by atoms with Crippen molar-refractivity contribution in [2.75, 3.05) is 20.2 Å². The van der Waals surface area contributed by atoms with Gasteiger partial charge in [0.15, 0.2) is 0 Å². The molecular formula is C11H20N4O3. The zero-order valence-electron chi connectivity index (χ0n) is 11.3. The summed E-state index contributed by atoms with van der Waals surface area (Å²) in [6, 6.07) is -0.360. The van der Waals surface area contributed by atoms with Crippen molar-refractivity contribution in [3.05, 3.63) is 10.4 Å². The van der Waals surface area contributed by atoms with Gasteiger partial charge in [-0.2, -0.15) is 0 Å². The highest BCUT2D eigenvalue weighted by Crippen LogP contribution is 2.19. The molecule has 1 heterocycles. The molecule has 0 aromatic carbocycles. The Balaban J connectivity index is 2.65. The Labute approximate surface area is 107 Å². The van der Waals surface area contributed by atoms with Gasteiger partial charge in [-0.15, -0.1) is 0 Å². The zero-order valence-corrected chi connectivity index (χ0v) is 11.3. The highest BCUT2D eigenvalue weighted by atomic mass is 16.6. The molecule has 0 bridgehead atoms. The molecule has 0 saturated carbocycles. The summed E-state index contributed by atoms with van der Waals surface area (Å²) in [7, 11) is 1.58. The average Bonchev–Trinajstić information content (AvgIpc) is 2.27. The van der Waals surface area contributed by atoms with Crippen molar-refractivity contribution in [3.8, 4) is 0 Å². The fourth-order valence-electron chi connectivity index (χ4n) is 1.85. The summed E-state index contributed by atoms with van der Waals surface area (Å²) in [6.45, 7) is 6.33. The van der Waals surface area contributed by atoms with Crippen molar-refractivity contribution in [2.24, 2.45) is 5.11 Å². The van der Waals surface area contributed by atoms with Crippen LogP contribution in [0.4, 0.5) is 4.79 Å². The van der Waals surface area contributed by atoms with E-state index in [-0.39, 0.29) is 18.2 Å². The zero-order chi connectivity index (χ0) is 13.8. The summed E-state index contributed by atoms with van der Waals surface area (Å²) < 4.78 is 10.5. The van der Waals surface area contributed by atoms with Crippen LogP contribution in [0.5, 0.6) is 0 Å². The van der Waals surface area contributed by atoms with Crippen LogP contribution in [-0.2, 0) is 9.47 Å². The number of carbonyl (C=O) groups is 1. The molecule has 0 aromatic rings. The summed E-state index contributed by atoms with van der Waals surface area (Å²) in [6.07, 6.45) is 0.120. The van der Waals surface area contributed by atoms with E-state index in [0.29, 0.717) is 19.5 Å². The van der Waals surface area contributed by atoms with E-state index >= 15 is 0 Å². The topological polar surface area (TPSA) is 87.5 Å². The Kier molecular flexibility index (Phi) is 4.81. The van der Waals surface area contributed by atoms with E-state index in [2.05, 4.69) is 10.0 Å². The maximum absolute atomic E-state index is 11.9. The van der Waals surface area contributed by atoms with Gasteiger partial charge >= 0.3 is 6.09 Å². The number of nitrogens with zero attached hydrogens (tertiary/aromatic N) is 4. The first-order chi connectivity index (χ1) is 8.37. The lowest BCUT2D eigenvalue weighted by Crippen LogP contribution is -2.50. The van der Waals surface area contributed by atoms with Crippen LogP contribution in [0, 0.1) is 0 Å². The molecule has 7 heteroatoms. The van der Waals surface area contributed by atoms with E-state index in [1.165, 1.54) is 0 Å². The molecule has 0 unspecified atom stereocenters. The first-order valence-electron chi connectivity index (χ1n) is 5.92. The molecule has 0 aliphatic carbocycles. The van der Waals surface area contributed by atoms with Crippen LogP contribution >= 0.6 is 0 Å². The van der Waals surface area contributed by atoms with Crippen molar-refractivity contribution in [1.29, 1.82) is 0 Å². The summed E-state index contributed by atoms with van der Waals surface area (Å²) in [5, 5.41) is 3.67. The lowest BCUT2D eigenvalue weighted by molar-refractivity contribution is -0.00562. The van der Waals surface area contributed by atoms with Crippen LogP contribution < -0.4 is 0 Å². The molecule has 18 heavy (non-hydrogen) atoms. The molecule has 1 saturated heterocycles. The average molecular weight is 256 g/mol. The molecule has 1 aliphatic rings. The minimum absolute atomic E-state index is 0.139. The van der Waals surface area contributed by atoms with E-state index in [9.17, 15) is 4.79 Å². The van der Waals surface area contributed by atoms with E-state index in [0.717, 1.165) is 0 Å². The maximum Gasteiger partial charge on any atom is 0.410 e. The highest BCUT2D eigenvalue weighted by Gasteiger charge is 2.32. The number of likely N-dealkylation sites (tertiary alicyclic amines) is 1. The van der Waals surface area contributed by atoms with Crippen LogP contribution in [0.25, 0.3) is 10.4 Å². The molecular weight excluding hydrogens is 236 g/mol. The first kappa shape index (κ1) is 14.6. The van der Waals surface area contributed by atoms with Crippen LogP contribution in [0.15, 0.2) is 5.11 Å².